The molecular formula is C16H21FN2O2S. The largest absolute Gasteiger partial charge is 0.424 e. The molecule has 0 bridgehead atoms. The van der Waals surface area contributed by atoms with E-state index in [0.29, 0.717) is 29.7 Å². The maximum atomic E-state index is 13.8. The Kier molecular flexibility index (Phi) is 5.45. The summed E-state index contributed by atoms with van der Waals surface area (Å²) in [6.07, 6.45) is 0.690. The van der Waals surface area contributed by atoms with E-state index in [2.05, 4.69) is 24.0 Å². The molecule has 1 aromatic carbocycles. The molecule has 0 N–H and O–H groups in total. The van der Waals surface area contributed by atoms with Gasteiger partial charge in [-0.1, -0.05) is 32.0 Å². The van der Waals surface area contributed by atoms with Crippen LogP contribution in [0, 0.1) is 11.7 Å². The summed E-state index contributed by atoms with van der Waals surface area (Å²) in [5.41, 5.74) is 0.439. The molecule has 4 nitrogen and oxygen atoms in total. The minimum absolute atomic E-state index is 0.345. The molecule has 0 unspecified atom stereocenters. The van der Waals surface area contributed by atoms with Gasteiger partial charge in [-0.2, -0.15) is 0 Å². The second-order valence-electron chi connectivity index (χ2n) is 5.77. The zero-order valence-corrected chi connectivity index (χ0v) is 14.1. The van der Waals surface area contributed by atoms with Crippen molar-refractivity contribution >= 4 is 10.8 Å². The van der Waals surface area contributed by atoms with E-state index in [4.69, 9.17) is 4.42 Å². The standard InChI is InChI=1S/C16H21FN2O2S/c1-10(2)9-15-18-19-16(21-15)12(4)22(20)11(3)13-7-5-6-8-14(13)17/h5-8,10-12H,9H2,1-4H3/t11-,12+,22-/m1/s1. The van der Waals surface area contributed by atoms with Crippen LogP contribution in [0.4, 0.5) is 4.39 Å². The van der Waals surface area contributed by atoms with Crippen molar-refractivity contribution in [1.29, 1.82) is 0 Å². The number of hydrogen-bond donors (Lipinski definition) is 0. The minimum atomic E-state index is -1.36. The lowest BCUT2D eigenvalue weighted by atomic mass is 10.1. The molecule has 0 saturated carbocycles. The van der Waals surface area contributed by atoms with Gasteiger partial charge >= 0.3 is 0 Å². The normalized spacial score (nSPS) is 15.7. The van der Waals surface area contributed by atoms with E-state index in [1.54, 1.807) is 32.0 Å². The SMILES string of the molecule is CC(C)Cc1nnc([C@H](C)[S@](=O)[C@H](C)c2ccccc2F)o1. The van der Waals surface area contributed by atoms with Gasteiger partial charge in [0.2, 0.25) is 11.8 Å². The average molecular weight is 324 g/mol. The molecule has 120 valence electrons. The van der Waals surface area contributed by atoms with E-state index in [1.165, 1.54) is 6.07 Å². The monoisotopic (exact) mass is 324 g/mol. The van der Waals surface area contributed by atoms with E-state index >= 15 is 0 Å². The first-order valence-corrected chi connectivity index (χ1v) is 8.63. The third-order valence-corrected chi connectivity index (χ3v) is 5.30. The van der Waals surface area contributed by atoms with Crippen molar-refractivity contribution in [3.8, 4) is 0 Å². The predicted molar refractivity (Wildman–Crippen MR) is 84.2 cm³/mol. The maximum Gasteiger partial charge on any atom is 0.231 e. The Labute approximate surface area is 132 Å². The van der Waals surface area contributed by atoms with Gasteiger partial charge in [-0.15, -0.1) is 10.2 Å². The van der Waals surface area contributed by atoms with Crippen molar-refractivity contribution in [1.82, 2.24) is 10.2 Å². The lowest BCUT2D eigenvalue weighted by molar-refractivity contribution is 0.424. The Bertz CT molecular complexity index is 657. The van der Waals surface area contributed by atoms with Gasteiger partial charge in [0.1, 0.15) is 11.1 Å². The molecule has 0 radical (unpaired) electrons. The van der Waals surface area contributed by atoms with Crippen LogP contribution in [0.2, 0.25) is 0 Å². The van der Waals surface area contributed by atoms with Crippen molar-refractivity contribution in [2.75, 3.05) is 0 Å². The second kappa shape index (κ2) is 7.13. The lowest BCUT2D eigenvalue weighted by Gasteiger charge is -2.15. The molecule has 0 saturated heterocycles. The zero-order chi connectivity index (χ0) is 16.3. The van der Waals surface area contributed by atoms with Gasteiger partial charge < -0.3 is 4.42 Å². The van der Waals surface area contributed by atoms with Gasteiger partial charge in [0.05, 0.1) is 5.25 Å². The van der Waals surface area contributed by atoms with Gasteiger partial charge in [-0.25, -0.2) is 4.39 Å². The van der Waals surface area contributed by atoms with Crippen molar-refractivity contribution in [3.63, 3.8) is 0 Å². The second-order valence-corrected chi connectivity index (χ2v) is 7.84. The Balaban J connectivity index is 2.15. The summed E-state index contributed by atoms with van der Waals surface area (Å²) in [4.78, 5) is 0. The molecule has 6 heteroatoms. The summed E-state index contributed by atoms with van der Waals surface area (Å²) in [5, 5.41) is 7.08. The number of benzene rings is 1. The summed E-state index contributed by atoms with van der Waals surface area (Å²) in [5.74, 6) is 0.956. The third-order valence-electron chi connectivity index (χ3n) is 3.45. The van der Waals surface area contributed by atoms with Crippen LogP contribution >= 0.6 is 0 Å². The van der Waals surface area contributed by atoms with E-state index in [1.807, 2.05) is 0 Å². The van der Waals surface area contributed by atoms with Crippen LogP contribution in [0.25, 0.3) is 0 Å². The van der Waals surface area contributed by atoms with Crippen molar-refractivity contribution in [2.24, 2.45) is 5.92 Å². The van der Waals surface area contributed by atoms with Gasteiger partial charge in [0.15, 0.2) is 0 Å². The molecule has 1 aromatic heterocycles. The number of aromatic nitrogens is 2. The molecule has 2 aromatic rings. The zero-order valence-electron chi connectivity index (χ0n) is 13.2. The number of rotatable bonds is 6. The van der Waals surface area contributed by atoms with Gasteiger partial charge in [0.25, 0.3) is 0 Å². The highest BCUT2D eigenvalue weighted by Crippen LogP contribution is 2.30. The summed E-state index contributed by atoms with van der Waals surface area (Å²) in [6.45, 7) is 7.63. The molecule has 0 aliphatic carbocycles. The number of nitrogens with zero attached hydrogens (tertiary/aromatic N) is 2. The molecule has 0 spiro atoms. The van der Waals surface area contributed by atoms with E-state index in [0.717, 1.165) is 0 Å². The summed E-state index contributed by atoms with van der Waals surface area (Å²) >= 11 is 0. The molecule has 2 rings (SSSR count). The van der Waals surface area contributed by atoms with E-state index in [9.17, 15) is 8.60 Å². The minimum Gasteiger partial charge on any atom is -0.424 e. The molecule has 0 amide bonds. The highest BCUT2D eigenvalue weighted by atomic mass is 32.2. The maximum absolute atomic E-state index is 13.8. The molecule has 0 aliphatic heterocycles. The van der Waals surface area contributed by atoms with Crippen LogP contribution in [-0.4, -0.2) is 14.4 Å². The van der Waals surface area contributed by atoms with Crippen LogP contribution < -0.4 is 0 Å². The molecule has 0 fully saturated rings. The van der Waals surface area contributed by atoms with Gasteiger partial charge in [-0.3, -0.25) is 4.21 Å². The number of halogens is 1. The van der Waals surface area contributed by atoms with Crippen molar-refractivity contribution < 1.29 is 13.0 Å². The Morgan fingerprint density at radius 2 is 1.82 bits per heavy atom. The fourth-order valence-electron chi connectivity index (χ4n) is 2.20. The van der Waals surface area contributed by atoms with E-state index < -0.39 is 21.3 Å². The third kappa shape index (κ3) is 3.80. The Morgan fingerprint density at radius 3 is 2.45 bits per heavy atom. The molecule has 22 heavy (non-hydrogen) atoms. The van der Waals surface area contributed by atoms with Crippen LogP contribution in [0.5, 0.6) is 0 Å². The first-order chi connectivity index (χ1) is 10.4. The highest BCUT2D eigenvalue weighted by molar-refractivity contribution is 7.85. The first-order valence-electron chi connectivity index (χ1n) is 7.36. The van der Waals surface area contributed by atoms with Crippen molar-refractivity contribution in [2.45, 2.75) is 44.6 Å². The summed E-state index contributed by atoms with van der Waals surface area (Å²) in [7, 11) is -1.36. The Hall–Kier alpha value is -1.56. The van der Waals surface area contributed by atoms with Crippen LogP contribution in [0.3, 0.4) is 0 Å². The predicted octanol–water partition coefficient (Wildman–Crippen LogP) is 3.98. The van der Waals surface area contributed by atoms with Crippen molar-refractivity contribution in [3.05, 3.63) is 47.4 Å². The fraction of sp³-hybridized carbons (Fsp3) is 0.500. The van der Waals surface area contributed by atoms with Crippen LogP contribution in [-0.2, 0) is 17.2 Å². The topological polar surface area (TPSA) is 56.0 Å². The van der Waals surface area contributed by atoms with Crippen LogP contribution in [0.15, 0.2) is 28.7 Å². The van der Waals surface area contributed by atoms with Gasteiger partial charge in [0, 0.05) is 22.8 Å². The smallest absolute Gasteiger partial charge is 0.231 e. The fourth-order valence-corrected chi connectivity index (χ4v) is 3.55. The number of hydrogen-bond acceptors (Lipinski definition) is 4. The molecule has 1 heterocycles. The average Bonchev–Trinajstić information content (AvgIpc) is 2.93. The quantitative estimate of drug-likeness (QED) is 0.806. The van der Waals surface area contributed by atoms with E-state index in [-0.39, 0.29) is 5.82 Å². The Morgan fingerprint density at radius 1 is 1.14 bits per heavy atom. The van der Waals surface area contributed by atoms with Gasteiger partial charge in [-0.05, 0) is 25.8 Å². The molecular weight excluding hydrogens is 303 g/mol. The summed E-state index contributed by atoms with van der Waals surface area (Å²) in [6, 6.07) is 6.39. The molecule has 0 aliphatic rings. The van der Waals surface area contributed by atoms with Crippen LogP contribution in [0.1, 0.15) is 55.5 Å². The lowest BCUT2D eigenvalue weighted by Crippen LogP contribution is -2.11. The highest BCUT2D eigenvalue weighted by Gasteiger charge is 2.27. The first kappa shape index (κ1) is 16.8. The summed E-state index contributed by atoms with van der Waals surface area (Å²) < 4.78 is 32.1. The molecule has 3 atom stereocenters.